The number of esters is 1. The lowest BCUT2D eigenvalue weighted by atomic mass is 10.2. The molecule has 0 saturated heterocycles. The van der Waals surface area contributed by atoms with Gasteiger partial charge in [0, 0.05) is 12.6 Å². The summed E-state index contributed by atoms with van der Waals surface area (Å²) in [6.07, 6.45) is -0.210. The minimum Gasteiger partial charge on any atom is -0.497 e. The molecule has 0 bridgehead atoms. The number of nitrogens with one attached hydrogen (secondary N) is 2. The largest absolute Gasteiger partial charge is 0.497 e. The summed E-state index contributed by atoms with van der Waals surface area (Å²) in [5.41, 5.74) is 0.562. The van der Waals surface area contributed by atoms with E-state index in [1.54, 1.807) is 31.4 Å². The van der Waals surface area contributed by atoms with Gasteiger partial charge in [0.25, 0.3) is 0 Å². The van der Waals surface area contributed by atoms with Crippen molar-refractivity contribution in [2.24, 2.45) is 0 Å². The summed E-state index contributed by atoms with van der Waals surface area (Å²) in [5.74, 6) is -0.833. The number of ether oxygens (including phenoxy) is 2. The molecule has 1 aromatic carbocycles. The zero-order valence-electron chi connectivity index (χ0n) is 12.1. The van der Waals surface area contributed by atoms with Crippen molar-refractivity contribution in [2.75, 3.05) is 19.5 Å². The Hall–Kier alpha value is -2.57. The van der Waals surface area contributed by atoms with Gasteiger partial charge >= 0.3 is 5.97 Å². The first kappa shape index (κ1) is 16.5. The number of amides is 2. The van der Waals surface area contributed by atoms with Gasteiger partial charge in [0.1, 0.15) is 11.8 Å². The van der Waals surface area contributed by atoms with Gasteiger partial charge in [0.2, 0.25) is 11.8 Å². The van der Waals surface area contributed by atoms with Crippen LogP contribution < -0.4 is 15.4 Å². The Bertz CT molecular complexity index is 513. The van der Waals surface area contributed by atoms with Gasteiger partial charge in [-0.05, 0) is 24.3 Å². The standard InChI is InChI=1S/C14H18N2O5/c1-9(17)15-12(14(19)21-3)8-13(18)16-10-4-6-11(20-2)7-5-10/h4-7,12H,8H2,1-3H3,(H,15,17)(H,16,18). The molecule has 1 aromatic rings. The Morgan fingerprint density at radius 3 is 2.24 bits per heavy atom. The fourth-order valence-corrected chi connectivity index (χ4v) is 1.65. The van der Waals surface area contributed by atoms with E-state index < -0.39 is 23.8 Å². The minimum absolute atomic E-state index is 0.210. The van der Waals surface area contributed by atoms with Crippen molar-refractivity contribution in [2.45, 2.75) is 19.4 Å². The smallest absolute Gasteiger partial charge is 0.328 e. The van der Waals surface area contributed by atoms with Crippen molar-refractivity contribution < 1.29 is 23.9 Å². The number of hydrogen-bond acceptors (Lipinski definition) is 5. The second-order valence-electron chi connectivity index (χ2n) is 4.26. The number of methoxy groups -OCH3 is 2. The van der Waals surface area contributed by atoms with Gasteiger partial charge < -0.3 is 20.1 Å². The molecule has 0 aliphatic heterocycles. The molecule has 1 rings (SSSR count). The molecule has 0 heterocycles. The Kier molecular flexibility index (Phi) is 6.19. The predicted octanol–water partition coefficient (Wildman–Crippen LogP) is 0.701. The molecule has 0 spiro atoms. The molecule has 2 N–H and O–H groups in total. The lowest BCUT2D eigenvalue weighted by molar-refractivity contribution is -0.146. The highest BCUT2D eigenvalue weighted by molar-refractivity contribution is 5.95. The molecule has 21 heavy (non-hydrogen) atoms. The summed E-state index contributed by atoms with van der Waals surface area (Å²) in [7, 11) is 2.74. The van der Waals surface area contributed by atoms with E-state index in [2.05, 4.69) is 15.4 Å². The molecule has 0 aromatic heterocycles. The number of carbonyl (C=O) groups excluding carboxylic acids is 3. The van der Waals surface area contributed by atoms with Crippen molar-refractivity contribution in [3.8, 4) is 5.75 Å². The van der Waals surface area contributed by atoms with E-state index in [0.717, 1.165) is 0 Å². The molecule has 7 heteroatoms. The van der Waals surface area contributed by atoms with E-state index in [1.807, 2.05) is 0 Å². The van der Waals surface area contributed by atoms with Crippen LogP contribution in [0.4, 0.5) is 5.69 Å². The molecule has 7 nitrogen and oxygen atoms in total. The molecule has 114 valence electrons. The monoisotopic (exact) mass is 294 g/mol. The molecule has 1 atom stereocenters. The molecule has 2 amide bonds. The van der Waals surface area contributed by atoms with Crippen LogP contribution in [0.5, 0.6) is 5.75 Å². The molecule has 0 fully saturated rings. The summed E-state index contributed by atoms with van der Waals surface area (Å²) in [5, 5.41) is 4.99. The van der Waals surface area contributed by atoms with Gasteiger partial charge in [-0.15, -0.1) is 0 Å². The second kappa shape index (κ2) is 7.88. The predicted molar refractivity (Wildman–Crippen MR) is 75.9 cm³/mol. The first-order valence-electron chi connectivity index (χ1n) is 6.25. The highest BCUT2D eigenvalue weighted by Gasteiger charge is 2.23. The highest BCUT2D eigenvalue weighted by Crippen LogP contribution is 2.15. The molecule has 0 aliphatic rings. The maximum absolute atomic E-state index is 11.9. The first-order valence-corrected chi connectivity index (χ1v) is 6.25. The highest BCUT2D eigenvalue weighted by atomic mass is 16.5. The van der Waals surface area contributed by atoms with Crippen LogP contribution in [0.1, 0.15) is 13.3 Å². The van der Waals surface area contributed by atoms with Gasteiger partial charge in [-0.3, -0.25) is 9.59 Å². The minimum atomic E-state index is -1.01. The Morgan fingerprint density at radius 2 is 1.76 bits per heavy atom. The second-order valence-corrected chi connectivity index (χ2v) is 4.26. The average Bonchev–Trinajstić information content (AvgIpc) is 2.46. The van der Waals surface area contributed by atoms with Crippen LogP contribution in [0.3, 0.4) is 0 Å². The van der Waals surface area contributed by atoms with E-state index >= 15 is 0 Å². The van der Waals surface area contributed by atoms with E-state index in [4.69, 9.17) is 4.74 Å². The number of anilines is 1. The summed E-state index contributed by atoms with van der Waals surface area (Å²) < 4.78 is 9.55. The van der Waals surface area contributed by atoms with Crippen LogP contribution in [-0.4, -0.2) is 38.0 Å². The van der Waals surface area contributed by atoms with Crippen LogP contribution >= 0.6 is 0 Å². The third-order valence-corrected chi connectivity index (χ3v) is 2.63. The topological polar surface area (TPSA) is 93.7 Å². The molecular formula is C14H18N2O5. The SMILES string of the molecule is COC(=O)C(CC(=O)Nc1ccc(OC)cc1)NC(C)=O. The Balaban J connectivity index is 2.63. The van der Waals surface area contributed by atoms with E-state index in [0.29, 0.717) is 11.4 Å². The van der Waals surface area contributed by atoms with Gasteiger partial charge in [-0.25, -0.2) is 4.79 Å². The molecule has 0 aliphatic carbocycles. The zero-order chi connectivity index (χ0) is 15.8. The van der Waals surface area contributed by atoms with E-state index in [1.165, 1.54) is 14.0 Å². The number of hydrogen-bond donors (Lipinski definition) is 2. The molecule has 0 radical (unpaired) electrons. The van der Waals surface area contributed by atoms with Crippen LogP contribution in [-0.2, 0) is 19.1 Å². The fraction of sp³-hybridized carbons (Fsp3) is 0.357. The fourth-order valence-electron chi connectivity index (χ4n) is 1.65. The van der Waals surface area contributed by atoms with E-state index in [9.17, 15) is 14.4 Å². The van der Waals surface area contributed by atoms with Crippen molar-refractivity contribution in [3.63, 3.8) is 0 Å². The van der Waals surface area contributed by atoms with Crippen LogP contribution in [0.25, 0.3) is 0 Å². The zero-order valence-corrected chi connectivity index (χ0v) is 12.1. The van der Waals surface area contributed by atoms with Crippen molar-refractivity contribution >= 4 is 23.5 Å². The summed E-state index contributed by atoms with van der Waals surface area (Å²) in [6.45, 7) is 1.26. The van der Waals surface area contributed by atoms with Crippen LogP contribution in [0.15, 0.2) is 24.3 Å². The lowest BCUT2D eigenvalue weighted by Gasteiger charge is -2.15. The quantitative estimate of drug-likeness (QED) is 0.753. The summed E-state index contributed by atoms with van der Waals surface area (Å²) >= 11 is 0. The summed E-state index contributed by atoms with van der Waals surface area (Å²) in [4.78, 5) is 34.4. The number of benzene rings is 1. The normalized spacial score (nSPS) is 11.2. The Morgan fingerprint density at radius 1 is 1.14 bits per heavy atom. The Labute approximate surface area is 122 Å². The van der Waals surface area contributed by atoms with Crippen LogP contribution in [0.2, 0.25) is 0 Å². The van der Waals surface area contributed by atoms with Gasteiger partial charge in [-0.2, -0.15) is 0 Å². The van der Waals surface area contributed by atoms with Crippen molar-refractivity contribution in [1.82, 2.24) is 5.32 Å². The van der Waals surface area contributed by atoms with Gasteiger partial charge in [-0.1, -0.05) is 0 Å². The lowest BCUT2D eigenvalue weighted by Crippen LogP contribution is -2.42. The van der Waals surface area contributed by atoms with Gasteiger partial charge in [0.05, 0.1) is 20.6 Å². The third-order valence-electron chi connectivity index (χ3n) is 2.63. The molecular weight excluding hydrogens is 276 g/mol. The number of rotatable bonds is 6. The molecule has 0 saturated carbocycles. The maximum Gasteiger partial charge on any atom is 0.328 e. The molecule has 1 unspecified atom stereocenters. The van der Waals surface area contributed by atoms with Crippen LogP contribution in [0, 0.1) is 0 Å². The number of carbonyl (C=O) groups is 3. The summed E-state index contributed by atoms with van der Waals surface area (Å²) in [6, 6.07) is 5.72. The van der Waals surface area contributed by atoms with E-state index in [-0.39, 0.29) is 6.42 Å². The first-order chi connectivity index (χ1) is 9.96. The third kappa shape index (κ3) is 5.52. The maximum atomic E-state index is 11.9. The van der Waals surface area contributed by atoms with Gasteiger partial charge in [0.15, 0.2) is 0 Å². The van der Waals surface area contributed by atoms with Crippen molar-refractivity contribution in [3.05, 3.63) is 24.3 Å². The average molecular weight is 294 g/mol. The van der Waals surface area contributed by atoms with Crippen molar-refractivity contribution in [1.29, 1.82) is 0 Å².